The molecule has 1 unspecified atom stereocenters. The van der Waals surface area contributed by atoms with Gasteiger partial charge in [-0.25, -0.2) is 9.78 Å². The van der Waals surface area contributed by atoms with E-state index < -0.39 is 0 Å². The molecule has 2 heterocycles. The van der Waals surface area contributed by atoms with E-state index in [4.69, 9.17) is 14.2 Å². The molecule has 0 saturated carbocycles. The molecule has 0 saturated heterocycles. The fraction of sp³-hybridized carbons (Fsp3) is 0.455. The van der Waals surface area contributed by atoms with Crippen molar-refractivity contribution in [2.75, 3.05) is 27.4 Å². The van der Waals surface area contributed by atoms with Crippen LogP contribution in [-0.4, -0.2) is 48.9 Å². The summed E-state index contributed by atoms with van der Waals surface area (Å²) in [4.78, 5) is 18.3. The summed E-state index contributed by atoms with van der Waals surface area (Å²) in [5.74, 6) is 0.652. The van der Waals surface area contributed by atoms with Gasteiger partial charge < -0.3 is 19.1 Å². The third-order valence-electron chi connectivity index (χ3n) is 5.08. The zero-order valence-corrected chi connectivity index (χ0v) is 17.2. The van der Waals surface area contributed by atoms with Gasteiger partial charge in [0.05, 0.1) is 27.4 Å². The van der Waals surface area contributed by atoms with Crippen molar-refractivity contribution in [3.63, 3.8) is 0 Å². The van der Waals surface area contributed by atoms with Crippen LogP contribution < -0.4 is 4.74 Å². The minimum Gasteiger partial charge on any atom is -0.481 e. The van der Waals surface area contributed by atoms with Crippen LogP contribution in [0.25, 0.3) is 11.1 Å². The topological polar surface area (TPSA) is 60.9 Å². The molecule has 0 bridgehead atoms. The maximum atomic E-state index is 12.3. The Kier molecular flexibility index (Phi) is 5.89. The highest BCUT2D eigenvalue weighted by molar-refractivity contribution is 5.71. The predicted molar refractivity (Wildman–Crippen MR) is 107 cm³/mol. The van der Waals surface area contributed by atoms with E-state index in [1.807, 2.05) is 32.9 Å². The molecule has 6 heteroatoms. The van der Waals surface area contributed by atoms with Crippen molar-refractivity contribution in [2.24, 2.45) is 0 Å². The number of rotatable bonds is 4. The Morgan fingerprint density at radius 2 is 2.07 bits per heavy atom. The average Bonchev–Trinajstić information content (AvgIpc) is 2.70. The molecule has 0 radical (unpaired) electrons. The zero-order valence-electron chi connectivity index (χ0n) is 17.2. The molecule has 1 aliphatic heterocycles. The maximum absolute atomic E-state index is 12.3. The van der Waals surface area contributed by atoms with Gasteiger partial charge in [-0.15, -0.1) is 0 Å². The van der Waals surface area contributed by atoms with Crippen LogP contribution >= 0.6 is 0 Å². The molecule has 0 fully saturated rings. The van der Waals surface area contributed by atoms with E-state index in [0.717, 1.165) is 16.7 Å². The Labute approximate surface area is 166 Å². The summed E-state index contributed by atoms with van der Waals surface area (Å²) in [7, 11) is 3.03. The molecule has 3 rings (SSSR count). The molecule has 1 aromatic heterocycles. The SMILES string of the molecule is COC(=O)N(CC1COCc2c(-c3ccnc(OC)c3)cccc21)C(C)(C)C. The number of carbonyl (C=O) groups is 1. The van der Waals surface area contributed by atoms with Gasteiger partial charge in [-0.3, -0.25) is 0 Å². The summed E-state index contributed by atoms with van der Waals surface area (Å²) in [6.45, 7) is 7.67. The molecular formula is C22H28N2O4. The standard InChI is InChI=1S/C22H28N2O4/c1-22(2,3)24(21(25)27-5)12-16-13-28-14-19-17(7-6-8-18(16)19)15-9-10-23-20(11-15)26-4/h6-11,16H,12-14H2,1-5H3. The highest BCUT2D eigenvalue weighted by Gasteiger charge is 2.32. The van der Waals surface area contributed by atoms with Crippen LogP contribution in [0.2, 0.25) is 0 Å². The zero-order chi connectivity index (χ0) is 20.3. The minimum absolute atomic E-state index is 0.0748. The van der Waals surface area contributed by atoms with Gasteiger partial charge in [0.1, 0.15) is 0 Å². The number of nitrogens with zero attached hydrogens (tertiary/aromatic N) is 2. The lowest BCUT2D eigenvalue weighted by molar-refractivity contribution is 0.0505. The van der Waals surface area contributed by atoms with Gasteiger partial charge in [-0.1, -0.05) is 18.2 Å². The second kappa shape index (κ2) is 8.19. The number of amides is 1. The van der Waals surface area contributed by atoms with Gasteiger partial charge in [0.25, 0.3) is 0 Å². The quantitative estimate of drug-likeness (QED) is 0.789. The number of aromatic nitrogens is 1. The van der Waals surface area contributed by atoms with E-state index in [1.54, 1.807) is 18.2 Å². The highest BCUT2D eigenvalue weighted by Crippen LogP contribution is 2.36. The fourth-order valence-corrected chi connectivity index (χ4v) is 3.60. The van der Waals surface area contributed by atoms with Gasteiger partial charge in [0, 0.05) is 30.3 Å². The molecule has 0 aliphatic carbocycles. The van der Waals surface area contributed by atoms with E-state index >= 15 is 0 Å². The number of methoxy groups -OCH3 is 2. The van der Waals surface area contributed by atoms with Gasteiger partial charge in [0.15, 0.2) is 0 Å². The smallest absolute Gasteiger partial charge is 0.409 e. The number of pyridine rings is 1. The van der Waals surface area contributed by atoms with Crippen molar-refractivity contribution in [1.82, 2.24) is 9.88 Å². The van der Waals surface area contributed by atoms with Crippen LogP contribution in [0.1, 0.15) is 37.8 Å². The Morgan fingerprint density at radius 3 is 2.75 bits per heavy atom. The second-order valence-electron chi connectivity index (χ2n) is 7.92. The molecule has 1 amide bonds. The molecule has 1 aliphatic rings. The van der Waals surface area contributed by atoms with E-state index in [-0.39, 0.29) is 17.6 Å². The largest absolute Gasteiger partial charge is 0.481 e. The monoisotopic (exact) mass is 384 g/mol. The number of benzene rings is 1. The van der Waals surface area contributed by atoms with Crippen LogP contribution in [0.15, 0.2) is 36.5 Å². The Hall–Kier alpha value is -2.60. The van der Waals surface area contributed by atoms with E-state index in [0.29, 0.717) is 25.6 Å². The first-order valence-electron chi connectivity index (χ1n) is 9.40. The van der Waals surface area contributed by atoms with Crippen LogP contribution in [0.4, 0.5) is 4.79 Å². The Balaban J connectivity index is 1.97. The Bertz CT molecular complexity index is 845. The maximum Gasteiger partial charge on any atom is 0.409 e. The molecule has 150 valence electrons. The first-order valence-corrected chi connectivity index (χ1v) is 9.40. The average molecular weight is 384 g/mol. The molecule has 0 spiro atoms. The summed E-state index contributed by atoms with van der Waals surface area (Å²) < 4.78 is 16.2. The second-order valence-corrected chi connectivity index (χ2v) is 7.92. The number of ether oxygens (including phenoxy) is 3. The fourth-order valence-electron chi connectivity index (χ4n) is 3.60. The number of fused-ring (bicyclic) bond motifs is 1. The van der Waals surface area contributed by atoms with Crippen molar-refractivity contribution in [3.05, 3.63) is 47.7 Å². The first kappa shape index (κ1) is 20.1. The minimum atomic E-state index is -0.346. The van der Waals surface area contributed by atoms with Crippen molar-refractivity contribution in [3.8, 4) is 17.0 Å². The summed E-state index contributed by atoms with van der Waals surface area (Å²) in [6.07, 6.45) is 1.42. The highest BCUT2D eigenvalue weighted by atomic mass is 16.5. The van der Waals surface area contributed by atoms with E-state index in [1.165, 1.54) is 12.7 Å². The van der Waals surface area contributed by atoms with Gasteiger partial charge >= 0.3 is 6.09 Å². The molecule has 0 N–H and O–H groups in total. The summed E-state index contributed by atoms with van der Waals surface area (Å²) in [5, 5.41) is 0. The van der Waals surface area contributed by atoms with E-state index in [2.05, 4.69) is 23.2 Å². The lowest BCUT2D eigenvalue weighted by Gasteiger charge is -2.38. The molecule has 1 atom stereocenters. The van der Waals surface area contributed by atoms with Crippen LogP contribution in [0.3, 0.4) is 0 Å². The van der Waals surface area contributed by atoms with Gasteiger partial charge in [-0.05, 0) is 49.1 Å². The summed E-state index contributed by atoms with van der Waals surface area (Å²) in [5.41, 5.74) is 4.14. The predicted octanol–water partition coefficient (Wildman–Crippen LogP) is 4.24. The van der Waals surface area contributed by atoms with Crippen LogP contribution in [-0.2, 0) is 16.1 Å². The lowest BCUT2D eigenvalue weighted by atomic mass is 9.87. The number of hydrogen-bond donors (Lipinski definition) is 0. The van der Waals surface area contributed by atoms with Gasteiger partial charge in [0.2, 0.25) is 5.88 Å². The lowest BCUT2D eigenvalue weighted by Crippen LogP contribution is -2.48. The Morgan fingerprint density at radius 1 is 1.29 bits per heavy atom. The third-order valence-corrected chi connectivity index (χ3v) is 5.08. The van der Waals surface area contributed by atoms with Gasteiger partial charge in [-0.2, -0.15) is 0 Å². The van der Waals surface area contributed by atoms with Crippen molar-refractivity contribution in [2.45, 2.75) is 38.8 Å². The van der Waals surface area contributed by atoms with E-state index in [9.17, 15) is 4.79 Å². The summed E-state index contributed by atoms with van der Waals surface area (Å²) >= 11 is 0. The van der Waals surface area contributed by atoms with Crippen LogP contribution in [0, 0.1) is 0 Å². The number of carbonyl (C=O) groups excluding carboxylic acids is 1. The summed E-state index contributed by atoms with van der Waals surface area (Å²) in [6, 6.07) is 10.2. The van der Waals surface area contributed by atoms with Crippen LogP contribution in [0.5, 0.6) is 5.88 Å². The van der Waals surface area contributed by atoms with Crippen molar-refractivity contribution >= 4 is 6.09 Å². The molecule has 2 aromatic rings. The third kappa shape index (κ3) is 4.12. The van der Waals surface area contributed by atoms with Crippen molar-refractivity contribution in [1.29, 1.82) is 0 Å². The first-order chi connectivity index (χ1) is 13.3. The van der Waals surface area contributed by atoms with Crippen molar-refractivity contribution < 1.29 is 19.0 Å². The number of hydrogen-bond acceptors (Lipinski definition) is 5. The normalized spacial score (nSPS) is 16.2. The molecule has 1 aromatic carbocycles. The molecule has 6 nitrogen and oxygen atoms in total. The molecule has 28 heavy (non-hydrogen) atoms. The molecular weight excluding hydrogens is 356 g/mol.